The maximum atomic E-state index is 10.7. The molecule has 0 aliphatic carbocycles. The van der Waals surface area contributed by atoms with Crippen LogP contribution in [0.15, 0.2) is 18.2 Å². The first-order valence-electron chi connectivity index (χ1n) is 6.34. The molecule has 19 heavy (non-hydrogen) atoms. The Hall–Kier alpha value is -1.66. The van der Waals surface area contributed by atoms with E-state index in [1.165, 1.54) is 6.07 Å². The topological polar surface area (TPSA) is 81.6 Å². The van der Waals surface area contributed by atoms with Gasteiger partial charge in [-0.2, -0.15) is 0 Å². The second-order valence-corrected chi connectivity index (χ2v) is 5.00. The monoisotopic (exact) mass is 265 g/mol. The first kappa shape index (κ1) is 13.8. The highest BCUT2D eigenvalue weighted by Crippen LogP contribution is 2.24. The molecule has 104 valence electrons. The fraction of sp³-hybridized carbons (Fsp3) is 0.538. The predicted octanol–water partition coefficient (Wildman–Crippen LogP) is 1.65. The van der Waals surface area contributed by atoms with Crippen molar-refractivity contribution in [1.82, 2.24) is 4.90 Å². The van der Waals surface area contributed by atoms with Crippen LogP contribution in [0.4, 0.5) is 11.4 Å². The molecule has 1 saturated heterocycles. The van der Waals surface area contributed by atoms with Gasteiger partial charge in [-0.05, 0) is 30.5 Å². The molecule has 6 heteroatoms. The second kappa shape index (κ2) is 5.99. The third-order valence-corrected chi connectivity index (χ3v) is 3.47. The van der Waals surface area contributed by atoms with Crippen molar-refractivity contribution in [3.8, 4) is 0 Å². The lowest BCUT2D eigenvalue weighted by atomic mass is 10.1. The second-order valence-electron chi connectivity index (χ2n) is 5.00. The molecule has 1 aromatic rings. The van der Waals surface area contributed by atoms with E-state index in [1.807, 2.05) is 0 Å². The fourth-order valence-electron chi connectivity index (χ4n) is 2.56. The SMILES string of the molecule is COCC1CCN(Cc2ccc([N+](=O)[O-])c(N)c2)C1. The molecule has 1 fully saturated rings. The minimum atomic E-state index is -0.455. The number of nitrogens with zero attached hydrogens (tertiary/aromatic N) is 2. The highest BCUT2D eigenvalue weighted by molar-refractivity contribution is 5.59. The fourth-order valence-corrected chi connectivity index (χ4v) is 2.56. The van der Waals surface area contributed by atoms with Crippen molar-refractivity contribution in [3.05, 3.63) is 33.9 Å². The zero-order valence-corrected chi connectivity index (χ0v) is 11.0. The Balaban J connectivity index is 1.97. The predicted molar refractivity (Wildman–Crippen MR) is 72.8 cm³/mol. The van der Waals surface area contributed by atoms with E-state index in [0.717, 1.165) is 38.2 Å². The molecule has 0 amide bonds. The van der Waals surface area contributed by atoms with Crippen LogP contribution < -0.4 is 5.73 Å². The number of nitrogens with two attached hydrogens (primary N) is 1. The lowest BCUT2D eigenvalue weighted by molar-refractivity contribution is -0.383. The average Bonchev–Trinajstić information content (AvgIpc) is 2.76. The minimum Gasteiger partial charge on any atom is -0.393 e. The molecule has 1 aliphatic rings. The van der Waals surface area contributed by atoms with Crippen LogP contribution in [0.3, 0.4) is 0 Å². The standard InChI is InChI=1S/C13H19N3O3/c1-19-9-11-4-5-15(8-11)7-10-2-3-13(16(17)18)12(14)6-10/h2-3,6,11H,4-5,7-9,14H2,1H3. The van der Waals surface area contributed by atoms with Crippen molar-refractivity contribution in [3.63, 3.8) is 0 Å². The third-order valence-electron chi connectivity index (χ3n) is 3.47. The molecule has 1 unspecified atom stereocenters. The Morgan fingerprint density at radius 2 is 2.37 bits per heavy atom. The van der Waals surface area contributed by atoms with Gasteiger partial charge in [0, 0.05) is 26.3 Å². The zero-order valence-electron chi connectivity index (χ0n) is 11.0. The van der Waals surface area contributed by atoms with Crippen LogP contribution in [0.1, 0.15) is 12.0 Å². The van der Waals surface area contributed by atoms with Crippen LogP contribution in [0.2, 0.25) is 0 Å². The van der Waals surface area contributed by atoms with E-state index in [0.29, 0.717) is 5.92 Å². The number of hydrogen-bond donors (Lipinski definition) is 1. The molecule has 0 aromatic heterocycles. The highest BCUT2D eigenvalue weighted by Gasteiger charge is 2.22. The molecule has 0 spiro atoms. The number of nitro groups is 1. The molecule has 0 saturated carbocycles. The van der Waals surface area contributed by atoms with Gasteiger partial charge in [-0.3, -0.25) is 15.0 Å². The summed E-state index contributed by atoms with van der Waals surface area (Å²) in [5.74, 6) is 0.584. The van der Waals surface area contributed by atoms with E-state index < -0.39 is 4.92 Å². The summed E-state index contributed by atoms with van der Waals surface area (Å²) in [6.07, 6.45) is 1.14. The number of likely N-dealkylation sites (tertiary alicyclic amines) is 1. The van der Waals surface area contributed by atoms with E-state index in [9.17, 15) is 10.1 Å². The molecular weight excluding hydrogens is 246 g/mol. The van der Waals surface area contributed by atoms with Gasteiger partial charge < -0.3 is 10.5 Å². The van der Waals surface area contributed by atoms with Crippen LogP contribution in [0.25, 0.3) is 0 Å². The minimum absolute atomic E-state index is 0.0255. The number of ether oxygens (including phenoxy) is 1. The van der Waals surface area contributed by atoms with Crippen LogP contribution >= 0.6 is 0 Å². The van der Waals surface area contributed by atoms with Crippen molar-refractivity contribution in [2.45, 2.75) is 13.0 Å². The van der Waals surface area contributed by atoms with Crippen LogP contribution in [-0.2, 0) is 11.3 Å². The van der Waals surface area contributed by atoms with Gasteiger partial charge in [-0.25, -0.2) is 0 Å². The van der Waals surface area contributed by atoms with E-state index >= 15 is 0 Å². The van der Waals surface area contributed by atoms with Crippen LogP contribution in [0.5, 0.6) is 0 Å². The number of benzene rings is 1. The summed E-state index contributed by atoms with van der Waals surface area (Å²) in [6, 6.07) is 4.95. The number of nitrogen functional groups attached to an aromatic ring is 1. The van der Waals surface area contributed by atoms with E-state index in [4.69, 9.17) is 10.5 Å². The molecule has 0 radical (unpaired) electrons. The van der Waals surface area contributed by atoms with Gasteiger partial charge in [0.1, 0.15) is 5.69 Å². The molecule has 0 bridgehead atoms. The number of nitro benzene ring substituents is 1. The molecule has 1 heterocycles. The summed E-state index contributed by atoms with van der Waals surface area (Å²) in [7, 11) is 1.72. The first-order valence-corrected chi connectivity index (χ1v) is 6.34. The molecule has 2 rings (SSSR count). The zero-order chi connectivity index (χ0) is 13.8. The summed E-state index contributed by atoms with van der Waals surface area (Å²) >= 11 is 0. The Morgan fingerprint density at radius 1 is 1.58 bits per heavy atom. The molecule has 1 aliphatic heterocycles. The van der Waals surface area contributed by atoms with Gasteiger partial charge in [0.2, 0.25) is 0 Å². The Kier molecular flexibility index (Phi) is 4.34. The summed E-state index contributed by atoms with van der Waals surface area (Å²) in [5.41, 5.74) is 6.91. The summed E-state index contributed by atoms with van der Waals surface area (Å²) in [5, 5.41) is 10.7. The Labute approximate surface area is 112 Å². The Bertz CT molecular complexity index is 464. The first-order chi connectivity index (χ1) is 9.10. The summed E-state index contributed by atoms with van der Waals surface area (Å²) < 4.78 is 5.16. The molecular formula is C13H19N3O3. The van der Waals surface area contributed by atoms with Gasteiger partial charge in [0.25, 0.3) is 5.69 Å². The number of anilines is 1. The molecule has 2 N–H and O–H groups in total. The van der Waals surface area contributed by atoms with E-state index in [-0.39, 0.29) is 11.4 Å². The van der Waals surface area contributed by atoms with Crippen LogP contribution in [0, 0.1) is 16.0 Å². The van der Waals surface area contributed by atoms with E-state index in [2.05, 4.69) is 4.90 Å². The smallest absolute Gasteiger partial charge is 0.292 e. The van der Waals surface area contributed by atoms with Gasteiger partial charge in [0.05, 0.1) is 11.5 Å². The largest absolute Gasteiger partial charge is 0.393 e. The van der Waals surface area contributed by atoms with Gasteiger partial charge >= 0.3 is 0 Å². The van der Waals surface area contributed by atoms with Crippen molar-refractivity contribution in [2.75, 3.05) is 32.5 Å². The maximum Gasteiger partial charge on any atom is 0.292 e. The molecule has 1 atom stereocenters. The van der Waals surface area contributed by atoms with Gasteiger partial charge in [-0.15, -0.1) is 0 Å². The summed E-state index contributed by atoms with van der Waals surface area (Å²) in [6.45, 7) is 3.61. The maximum absolute atomic E-state index is 10.7. The van der Waals surface area contributed by atoms with Gasteiger partial charge in [-0.1, -0.05) is 6.07 Å². The van der Waals surface area contributed by atoms with Crippen LogP contribution in [-0.4, -0.2) is 36.6 Å². The van der Waals surface area contributed by atoms with E-state index in [1.54, 1.807) is 19.2 Å². The number of methoxy groups -OCH3 is 1. The van der Waals surface area contributed by atoms with Crippen molar-refractivity contribution >= 4 is 11.4 Å². The summed E-state index contributed by atoms with van der Waals surface area (Å²) in [4.78, 5) is 12.6. The Morgan fingerprint density at radius 3 is 3.00 bits per heavy atom. The quantitative estimate of drug-likeness (QED) is 0.497. The number of rotatable bonds is 5. The molecule has 1 aromatic carbocycles. The normalized spacial score (nSPS) is 19.7. The number of hydrogen-bond acceptors (Lipinski definition) is 5. The molecule has 6 nitrogen and oxygen atoms in total. The van der Waals surface area contributed by atoms with Crippen molar-refractivity contribution < 1.29 is 9.66 Å². The van der Waals surface area contributed by atoms with Crippen molar-refractivity contribution in [1.29, 1.82) is 0 Å². The lowest BCUT2D eigenvalue weighted by Gasteiger charge is -2.16. The lowest BCUT2D eigenvalue weighted by Crippen LogP contribution is -2.21. The third kappa shape index (κ3) is 3.42. The van der Waals surface area contributed by atoms with Gasteiger partial charge in [0.15, 0.2) is 0 Å². The van der Waals surface area contributed by atoms with Crippen molar-refractivity contribution in [2.24, 2.45) is 5.92 Å². The highest BCUT2D eigenvalue weighted by atomic mass is 16.6. The average molecular weight is 265 g/mol.